The van der Waals surface area contributed by atoms with Crippen LogP contribution < -0.4 is 5.32 Å². The van der Waals surface area contributed by atoms with Crippen molar-refractivity contribution >= 4 is 15.9 Å². The van der Waals surface area contributed by atoms with E-state index in [2.05, 4.69) is 65.3 Å². The molecule has 1 heterocycles. The molecule has 0 bridgehead atoms. The third-order valence-electron chi connectivity index (χ3n) is 3.53. The predicted molar refractivity (Wildman–Crippen MR) is 87.0 cm³/mol. The van der Waals surface area contributed by atoms with Crippen molar-refractivity contribution in [3.63, 3.8) is 0 Å². The fourth-order valence-corrected chi connectivity index (χ4v) is 3.30. The highest BCUT2D eigenvalue weighted by atomic mass is 79.9. The maximum Gasteiger partial charge on any atom is 0.0698 e. The second kappa shape index (κ2) is 6.55. The summed E-state index contributed by atoms with van der Waals surface area (Å²) in [6.45, 7) is 7.30. The quantitative estimate of drug-likeness (QED) is 0.900. The third kappa shape index (κ3) is 3.30. The lowest BCUT2D eigenvalue weighted by atomic mass is 9.99. The van der Waals surface area contributed by atoms with E-state index in [1.54, 1.807) is 0 Å². The zero-order valence-electron chi connectivity index (χ0n) is 12.6. The Morgan fingerprint density at radius 1 is 1.25 bits per heavy atom. The van der Waals surface area contributed by atoms with Crippen LogP contribution in [-0.4, -0.2) is 16.8 Å². The van der Waals surface area contributed by atoms with E-state index in [1.807, 2.05) is 17.9 Å². The Bertz CT molecular complexity index is 569. The van der Waals surface area contributed by atoms with Crippen LogP contribution in [0.4, 0.5) is 0 Å². The first-order chi connectivity index (χ1) is 9.55. The monoisotopic (exact) mass is 335 g/mol. The second-order valence-corrected chi connectivity index (χ2v) is 6.09. The summed E-state index contributed by atoms with van der Waals surface area (Å²) in [4.78, 5) is 0. The standard InChI is InChI=1S/C16H22BrN3/c1-5-20-16(14(17)10-19-20)15(18-4)9-13-7-11(2)6-12(3)8-13/h6-8,10,15,18H,5,9H2,1-4H3. The van der Waals surface area contributed by atoms with Gasteiger partial charge in [-0.15, -0.1) is 0 Å². The summed E-state index contributed by atoms with van der Waals surface area (Å²) in [6.07, 6.45) is 2.84. The Kier molecular flexibility index (Phi) is 5.00. The molecule has 0 aliphatic carbocycles. The first-order valence-electron chi connectivity index (χ1n) is 7.00. The van der Waals surface area contributed by atoms with E-state index in [9.17, 15) is 0 Å². The summed E-state index contributed by atoms with van der Waals surface area (Å²) in [5.41, 5.74) is 5.21. The highest BCUT2D eigenvalue weighted by Crippen LogP contribution is 2.26. The molecule has 0 aliphatic heterocycles. The minimum absolute atomic E-state index is 0.257. The van der Waals surface area contributed by atoms with Crippen molar-refractivity contribution in [3.8, 4) is 0 Å². The molecule has 0 spiro atoms. The molecule has 0 saturated heterocycles. The predicted octanol–water partition coefficient (Wildman–Crippen LogP) is 3.79. The van der Waals surface area contributed by atoms with Crippen molar-refractivity contribution in [2.24, 2.45) is 0 Å². The van der Waals surface area contributed by atoms with Gasteiger partial charge in [-0.25, -0.2) is 0 Å². The molecule has 0 saturated carbocycles. The number of hydrogen-bond acceptors (Lipinski definition) is 2. The SMILES string of the molecule is CCn1ncc(Br)c1C(Cc1cc(C)cc(C)c1)NC. The molecule has 1 aromatic heterocycles. The van der Waals surface area contributed by atoms with E-state index in [0.717, 1.165) is 17.4 Å². The van der Waals surface area contributed by atoms with Gasteiger partial charge in [-0.1, -0.05) is 29.3 Å². The molecule has 1 unspecified atom stereocenters. The van der Waals surface area contributed by atoms with Gasteiger partial charge in [0.15, 0.2) is 0 Å². The zero-order chi connectivity index (χ0) is 14.7. The van der Waals surface area contributed by atoms with Gasteiger partial charge in [-0.3, -0.25) is 4.68 Å². The van der Waals surface area contributed by atoms with Gasteiger partial charge in [0.1, 0.15) is 0 Å². The van der Waals surface area contributed by atoms with Crippen molar-refractivity contribution in [2.45, 2.75) is 39.8 Å². The lowest BCUT2D eigenvalue weighted by molar-refractivity contribution is 0.511. The molecule has 1 N–H and O–H groups in total. The third-order valence-corrected chi connectivity index (χ3v) is 4.14. The Balaban J connectivity index is 2.31. The van der Waals surface area contributed by atoms with Crippen LogP contribution in [-0.2, 0) is 13.0 Å². The number of hydrogen-bond donors (Lipinski definition) is 1. The Morgan fingerprint density at radius 2 is 1.90 bits per heavy atom. The molecule has 2 rings (SSSR count). The number of aryl methyl sites for hydroxylation is 3. The van der Waals surface area contributed by atoms with Crippen molar-refractivity contribution in [1.82, 2.24) is 15.1 Å². The molecule has 1 aromatic carbocycles. The van der Waals surface area contributed by atoms with E-state index in [0.29, 0.717) is 0 Å². The Morgan fingerprint density at radius 3 is 2.45 bits per heavy atom. The van der Waals surface area contributed by atoms with Crippen molar-refractivity contribution < 1.29 is 0 Å². The molecule has 0 fully saturated rings. The average Bonchev–Trinajstić information content (AvgIpc) is 2.76. The maximum absolute atomic E-state index is 4.41. The van der Waals surface area contributed by atoms with Crippen LogP contribution in [0.5, 0.6) is 0 Å². The number of aromatic nitrogens is 2. The number of halogens is 1. The molecular weight excluding hydrogens is 314 g/mol. The van der Waals surface area contributed by atoms with Gasteiger partial charge in [0.2, 0.25) is 0 Å². The zero-order valence-corrected chi connectivity index (χ0v) is 14.2. The van der Waals surface area contributed by atoms with Gasteiger partial charge >= 0.3 is 0 Å². The molecule has 108 valence electrons. The Hall–Kier alpha value is -1.13. The molecule has 1 atom stereocenters. The number of nitrogens with zero attached hydrogens (tertiary/aromatic N) is 2. The van der Waals surface area contributed by atoms with Gasteiger partial charge < -0.3 is 5.32 Å². The van der Waals surface area contributed by atoms with Crippen LogP contribution in [0.15, 0.2) is 28.9 Å². The van der Waals surface area contributed by atoms with E-state index in [1.165, 1.54) is 22.4 Å². The maximum atomic E-state index is 4.41. The van der Waals surface area contributed by atoms with Crippen molar-refractivity contribution in [3.05, 3.63) is 51.3 Å². The molecule has 20 heavy (non-hydrogen) atoms. The van der Waals surface area contributed by atoms with Crippen LogP contribution in [0, 0.1) is 13.8 Å². The van der Waals surface area contributed by atoms with Gasteiger partial charge in [-0.2, -0.15) is 5.10 Å². The second-order valence-electron chi connectivity index (χ2n) is 5.23. The van der Waals surface area contributed by atoms with Gasteiger partial charge in [0.25, 0.3) is 0 Å². The number of likely N-dealkylation sites (N-methyl/N-ethyl adjacent to an activating group) is 1. The van der Waals surface area contributed by atoms with Gasteiger partial charge in [0, 0.05) is 6.54 Å². The largest absolute Gasteiger partial charge is 0.311 e. The molecule has 0 aliphatic rings. The molecule has 2 aromatic rings. The topological polar surface area (TPSA) is 29.9 Å². The van der Waals surface area contributed by atoms with Crippen LogP contribution in [0.2, 0.25) is 0 Å². The first kappa shape index (κ1) is 15.3. The highest BCUT2D eigenvalue weighted by Gasteiger charge is 2.18. The van der Waals surface area contributed by atoms with Crippen LogP contribution in [0.1, 0.15) is 35.3 Å². The van der Waals surface area contributed by atoms with E-state index in [4.69, 9.17) is 0 Å². The summed E-state index contributed by atoms with van der Waals surface area (Å²) >= 11 is 3.62. The number of rotatable bonds is 5. The summed E-state index contributed by atoms with van der Waals surface area (Å²) in [5.74, 6) is 0. The summed E-state index contributed by atoms with van der Waals surface area (Å²) in [7, 11) is 2.01. The van der Waals surface area contributed by atoms with E-state index >= 15 is 0 Å². The smallest absolute Gasteiger partial charge is 0.0698 e. The normalized spacial score (nSPS) is 12.7. The minimum Gasteiger partial charge on any atom is -0.311 e. The van der Waals surface area contributed by atoms with E-state index in [-0.39, 0.29) is 6.04 Å². The number of benzene rings is 1. The van der Waals surface area contributed by atoms with Crippen molar-refractivity contribution in [1.29, 1.82) is 0 Å². The fraction of sp³-hybridized carbons (Fsp3) is 0.438. The molecule has 4 heteroatoms. The summed E-state index contributed by atoms with van der Waals surface area (Å²) in [6, 6.07) is 6.99. The van der Waals surface area contributed by atoms with Gasteiger partial charge in [-0.05, 0) is 55.7 Å². The van der Waals surface area contributed by atoms with Crippen LogP contribution in [0.25, 0.3) is 0 Å². The summed E-state index contributed by atoms with van der Waals surface area (Å²) < 4.78 is 3.12. The van der Waals surface area contributed by atoms with Crippen LogP contribution >= 0.6 is 15.9 Å². The molecule has 3 nitrogen and oxygen atoms in total. The van der Waals surface area contributed by atoms with Crippen LogP contribution in [0.3, 0.4) is 0 Å². The molecule has 0 radical (unpaired) electrons. The molecular formula is C16H22BrN3. The molecule has 0 amide bonds. The van der Waals surface area contributed by atoms with Crippen molar-refractivity contribution in [2.75, 3.05) is 7.05 Å². The lowest BCUT2D eigenvalue weighted by Gasteiger charge is -2.19. The average molecular weight is 336 g/mol. The minimum atomic E-state index is 0.257. The van der Waals surface area contributed by atoms with E-state index < -0.39 is 0 Å². The highest BCUT2D eigenvalue weighted by molar-refractivity contribution is 9.10. The Labute approximate surface area is 129 Å². The number of nitrogens with one attached hydrogen (secondary N) is 1. The fourth-order valence-electron chi connectivity index (χ4n) is 2.73. The lowest BCUT2D eigenvalue weighted by Crippen LogP contribution is -2.23. The van der Waals surface area contributed by atoms with Gasteiger partial charge in [0.05, 0.1) is 22.4 Å². The summed E-state index contributed by atoms with van der Waals surface area (Å²) in [5, 5.41) is 7.83. The first-order valence-corrected chi connectivity index (χ1v) is 7.80.